The largest absolute Gasteiger partial charge is 0.337 e. The molecule has 0 bridgehead atoms. The number of aryl methyl sites for hydroxylation is 1. The molecule has 1 heterocycles. The zero-order valence-electron chi connectivity index (χ0n) is 11.1. The van der Waals surface area contributed by atoms with E-state index in [0.717, 1.165) is 25.3 Å². The predicted octanol–water partition coefficient (Wildman–Crippen LogP) is 0.744. The number of nitrogens with zero attached hydrogens (tertiary/aromatic N) is 4. The van der Waals surface area contributed by atoms with Gasteiger partial charge in [-0.15, -0.1) is 0 Å². The third-order valence-corrected chi connectivity index (χ3v) is 3.12. The summed E-state index contributed by atoms with van der Waals surface area (Å²) in [5, 5.41) is 12.1. The highest BCUT2D eigenvalue weighted by Crippen LogP contribution is 2.09. The van der Waals surface area contributed by atoms with Crippen LogP contribution in [-0.4, -0.2) is 40.6 Å². The lowest BCUT2D eigenvalue weighted by Gasteiger charge is -2.24. The van der Waals surface area contributed by atoms with E-state index in [1.54, 1.807) is 6.20 Å². The standard InChI is InChI=1S/C12H21N5/c1-12(10-13,14-2)5-7-16(3)9-11-15-6-8-17(11)4/h6,8,14H,5,7,9H2,1-4H3. The first-order chi connectivity index (χ1) is 8.00. The molecule has 0 aliphatic heterocycles. The van der Waals surface area contributed by atoms with Gasteiger partial charge < -0.3 is 9.88 Å². The number of hydrogen-bond donors (Lipinski definition) is 1. The van der Waals surface area contributed by atoms with Gasteiger partial charge in [-0.05, 0) is 27.4 Å². The maximum Gasteiger partial charge on any atom is 0.122 e. The summed E-state index contributed by atoms with van der Waals surface area (Å²) >= 11 is 0. The lowest BCUT2D eigenvalue weighted by molar-refractivity contribution is 0.279. The highest BCUT2D eigenvalue weighted by molar-refractivity contribution is 5.03. The number of imidazole rings is 1. The third-order valence-electron chi connectivity index (χ3n) is 3.12. The quantitative estimate of drug-likeness (QED) is 0.790. The van der Waals surface area contributed by atoms with E-state index < -0.39 is 5.54 Å². The summed E-state index contributed by atoms with van der Waals surface area (Å²) in [6, 6.07) is 2.30. The molecule has 5 nitrogen and oxygen atoms in total. The highest BCUT2D eigenvalue weighted by atomic mass is 15.2. The molecule has 0 aliphatic rings. The fraction of sp³-hybridized carbons (Fsp3) is 0.667. The van der Waals surface area contributed by atoms with Gasteiger partial charge in [-0.2, -0.15) is 5.26 Å². The first kappa shape index (κ1) is 13.7. The Bertz CT molecular complexity index is 392. The van der Waals surface area contributed by atoms with Gasteiger partial charge in [0, 0.05) is 26.0 Å². The van der Waals surface area contributed by atoms with Gasteiger partial charge in [0.1, 0.15) is 11.4 Å². The lowest BCUT2D eigenvalue weighted by atomic mass is 10.0. The van der Waals surface area contributed by atoms with Crippen LogP contribution in [0.5, 0.6) is 0 Å². The van der Waals surface area contributed by atoms with E-state index in [9.17, 15) is 0 Å². The minimum atomic E-state index is -0.449. The van der Waals surface area contributed by atoms with Gasteiger partial charge in [0.15, 0.2) is 0 Å². The Balaban J connectivity index is 2.44. The third kappa shape index (κ3) is 3.84. The fourth-order valence-corrected chi connectivity index (χ4v) is 1.52. The van der Waals surface area contributed by atoms with E-state index in [4.69, 9.17) is 5.26 Å². The van der Waals surface area contributed by atoms with Crippen molar-refractivity contribution in [3.05, 3.63) is 18.2 Å². The lowest BCUT2D eigenvalue weighted by Crippen LogP contribution is -2.41. The molecule has 1 rings (SSSR count). The number of nitrogens with one attached hydrogen (secondary N) is 1. The molecule has 0 radical (unpaired) electrons. The first-order valence-electron chi connectivity index (χ1n) is 5.75. The molecule has 1 aromatic rings. The van der Waals surface area contributed by atoms with E-state index in [0.29, 0.717) is 0 Å². The number of hydrogen-bond acceptors (Lipinski definition) is 4. The molecular weight excluding hydrogens is 214 g/mol. The maximum absolute atomic E-state index is 9.05. The van der Waals surface area contributed by atoms with Crippen molar-refractivity contribution in [3.8, 4) is 6.07 Å². The van der Waals surface area contributed by atoms with Crippen LogP contribution in [0, 0.1) is 11.3 Å². The Kier molecular flexibility index (Phi) is 4.67. The number of nitriles is 1. The summed E-state index contributed by atoms with van der Waals surface area (Å²) in [4.78, 5) is 6.46. The SMILES string of the molecule is CNC(C)(C#N)CCN(C)Cc1nccn1C. The monoisotopic (exact) mass is 235 g/mol. The van der Waals surface area contributed by atoms with Crippen molar-refractivity contribution in [3.63, 3.8) is 0 Å². The second-order valence-corrected chi connectivity index (χ2v) is 4.64. The van der Waals surface area contributed by atoms with Gasteiger partial charge in [0.25, 0.3) is 0 Å². The summed E-state index contributed by atoms with van der Waals surface area (Å²) in [7, 11) is 5.85. The maximum atomic E-state index is 9.05. The van der Waals surface area contributed by atoms with Gasteiger partial charge in [-0.3, -0.25) is 4.90 Å². The van der Waals surface area contributed by atoms with Crippen molar-refractivity contribution in [1.82, 2.24) is 19.8 Å². The Hall–Kier alpha value is -1.38. The molecule has 0 amide bonds. The summed E-state index contributed by atoms with van der Waals surface area (Å²) in [5.41, 5.74) is -0.449. The summed E-state index contributed by atoms with van der Waals surface area (Å²) < 4.78 is 2.01. The molecule has 0 saturated carbocycles. The van der Waals surface area contributed by atoms with Crippen LogP contribution in [0.1, 0.15) is 19.2 Å². The van der Waals surface area contributed by atoms with Gasteiger partial charge in [-0.25, -0.2) is 4.98 Å². The molecule has 0 fully saturated rings. The average Bonchev–Trinajstić information content (AvgIpc) is 2.72. The molecule has 0 saturated heterocycles. The Morgan fingerprint density at radius 1 is 1.65 bits per heavy atom. The van der Waals surface area contributed by atoms with E-state index in [1.807, 2.05) is 38.8 Å². The predicted molar refractivity (Wildman–Crippen MR) is 67.2 cm³/mol. The van der Waals surface area contributed by atoms with Gasteiger partial charge in [0.05, 0.1) is 12.6 Å². The molecule has 0 spiro atoms. The van der Waals surface area contributed by atoms with Crippen molar-refractivity contribution in [2.75, 3.05) is 20.6 Å². The van der Waals surface area contributed by atoms with Crippen LogP contribution < -0.4 is 5.32 Å². The minimum absolute atomic E-state index is 0.449. The molecule has 0 aromatic carbocycles. The summed E-state index contributed by atoms with van der Waals surface area (Å²) in [6.07, 6.45) is 4.53. The second-order valence-electron chi connectivity index (χ2n) is 4.64. The van der Waals surface area contributed by atoms with Crippen molar-refractivity contribution in [1.29, 1.82) is 5.26 Å². The number of aromatic nitrogens is 2. The molecule has 17 heavy (non-hydrogen) atoms. The zero-order chi connectivity index (χ0) is 12.9. The van der Waals surface area contributed by atoms with Crippen molar-refractivity contribution in [2.24, 2.45) is 7.05 Å². The molecule has 1 atom stereocenters. The molecule has 1 N–H and O–H groups in total. The average molecular weight is 235 g/mol. The molecule has 1 unspecified atom stereocenters. The molecule has 1 aromatic heterocycles. The molecular formula is C12H21N5. The second kappa shape index (κ2) is 5.80. The van der Waals surface area contributed by atoms with Crippen LogP contribution in [0.15, 0.2) is 12.4 Å². The van der Waals surface area contributed by atoms with Crippen molar-refractivity contribution >= 4 is 0 Å². The highest BCUT2D eigenvalue weighted by Gasteiger charge is 2.21. The van der Waals surface area contributed by atoms with Crippen LogP contribution in [-0.2, 0) is 13.6 Å². The van der Waals surface area contributed by atoms with E-state index in [-0.39, 0.29) is 0 Å². The van der Waals surface area contributed by atoms with Crippen molar-refractivity contribution < 1.29 is 0 Å². The Labute approximate surface area is 103 Å². The molecule has 5 heteroatoms. The zero-order valence-corrected chi connectivity index (χ0v) is 11.1. The topological polar surface area (TPSA) is 56.9 Å². The van der Waals surface area contributed by atoms with E-state index >= 15 is 0 Å². The van der Waals surface area contributed by atoms with Crippen LogP contribution in [0.3, 0.4) is 0 Å². The smallest absolute Gasteiger partial charge is 0.122 e. The first-order valence-corrected chi connectivity index (χ1v) is 5.75. The van der Waals surface area contributed by atoms with Crippen molar-refractivity contribution in [2.45, 2.75) is 25.4 Å². The van der Waals surface area contributed by atoms with Gasteiger partial charge >= 0.3 is 0 Å². The summed E-state index contributed by atoms with van der Waals surface area (Å²) in [6.45, 7) is 3.58. The summed E-state index contributed by atoms with van der Waals surface area (Å²) in [5.74, 6) is 1.04. The molecule has 0 aliphatic carbocycles. The van der Waals surface area contributed by atoms with Crippen LogP contribution >= 0.6 is 0 Å². The fourth-order valence-electron chi connectivity index (χ4n) is 1.52. The van der Waals surface area contributed by atoms with Crippen LogP contribution in [0.25, 0.3) is 0 Å². The van der Waals surface area contributed by atoms with Gasteiger partial charge in [-0.1, -0.05) is 0 Å². The molecule has 94 valence electrons. The Morgan fingerprint density at radius 3 is 2.82 bits per heavy atom. The normalized spacial score (nSPS) is 14.6. The van der Waals surface area contributed by atoms with Crippen LogP contribution in [0.4, 0.5) is 0 Å². The van der Waals surface area contributed by atoms with Gasteiger partial charge in [0.2, 0.25) is 0 Å². The van der Waals surface area contributed by atoms with Crippen LogP contribution in [0.2, 0.25) is 0 Å². The van der Waals surface area contributed by atoms with E-state index in [1.165, 1.54) is 0 Å². The Morgan fingerprint density at radius 2 is 2.35 bits per heavy atom. The minimum Gasteiger partial charge on any atom is -0.337 e. The van der Waals surface area contributed by atoms with E-state index in [2.05, 4.69) is 21.3 Å². The number of rotatable bonds is 6.